The molecule has 0 aliphatic carbocycles. The number of carbonyl (C=O) groups excluding carboxylic acids is 1. The Morgan fingerprint density at radius 3 is 2.75 bits per heavy atom. The van der Waals surface area contributed by atoms with Crippen LogP contribution in [0.25, 0.3) is 0 Å². The number of aromatic nitrogens is 2. The molecular weight excluding hydrogens is 346 g/mol. The molecule has 1 aromatic heterocycles. The van der Waals surface area contributed by atoms with Gasteiger partial charge in [0.1, 0.15) is 11.4 Å². The molecule has 130 valence electrons. The molecule has 6 nitrogen and oxygen atoms in total. The van der Waals surface area contributed by atoms with Gasteiger partial charge in [0.25, 0.3) is 0 Å². The summed E-state index contributed by atoms with van der Waals surface area (Å²) in [5, 5.41) is 12.0. The standard InChI is InChI=1S/C16H21N3O3S2/c1-5-21-12-9-7-6-8-11(12)17-14-18-19-15(24-14)23-10-13(20)22-16(2,3)4/h6-9H,5,10H2,1-4H3,(H,17,18). The highest BCUT2D eigenvalue weighted by Gasteiger charge is 2.17. The van der Waals surface area contributed by atoms with Crippen molar-refractivity contribution >= 4 is 39.9 Å². The Labute approximate surface area is 150 Å². The van der Waals surface area contributed by atoms with E-state index in [2.05, 4.69) is 15.5 Å². The van der Waals surface area contributed by atoms with Crippen LogP contribution in [0, 0.1) is 0 Å². The summed E-state index contributed by atoms with van der Waals surface area (Å²) in [5.41, 5.74) is 0.355. The number of esters is 1. The van der Waals surface area contributed by atoms with Crippen molar-refractivity contribution in [3.05, 3.63) is 24.3 Å². The highest BCUT2D eigenvalue weighted by Crippen LogP contribution is 2.31. The molecule has 2 rings (SSSR count). The number of hydrogen-bond donors (Lipinski definition) is 1. The Kier molecular flexibility index (Phi) is 6.44. The maximum absolute atomic E-state index is 11.7. The number of carbonyl (C=O) groups is 1. The van der Waals surface area contributed by atoms with Gasteiger partial charge in [0, 0.05) is 0 Å². The van der Waals surface area contributed by atoms with Crippen LogP contribution in [0.2, 0.25) is 0 Å². The summed E-state index contributed by atoms with van der Waals surface area (Å²) < 4.78 is 11.5. The minimum absolute atomic E-state index is 0.210. The lowest BCUT2D eigenvalue weighted by Crippen LogP contribution is -2.24. The normalized spacial score (nSPS) is 11.2. The Morgan fingerprint density at radius 2 is 2.04 bits per heavy atom. The van der Waals surface area contributed by atoms with Gasteiger partial charge >= 0.3 is 5.97 Å². The first-order valence-corrected chi connectivity index (χ1v) is 9.34. The number of thioether (sulfide) groups is 1. The largest absolute Gasteiger partial charge is 0.492 e. The van der Waals surface area contributed by atoms with Gasteiger partial charge in [-0.3, -0.25) is 4.79 Å². The van der Waals surface area contributed by atoms with E-state index in [1.54, 1.807) is 0 Å². The Hall–Kier alpha value is -1.80. The van der Waals surface area contributed by atoms with E-state index in [-0.39, 0.29) is 11.7 Å². The first-order valence-electron chi connectivity index (χ1n) is 7.54. The van der Waals surface area contributed by atoms with Crippen molar-refractivity contribution in [3.8, 4) is 5.75 Å². The number of hydrogen-bond acceptors (Lipinski definition) is 8. The summed E-state index contributed by atoms with van der Waals surface area (Å²) in [6, 6.07) is 7.65. The third kappa shape index (κ3) is 6.01. The number of nitrogens with one attached hydrogen (secondary N) is 1. The van der Waals surface area contributed by atoms with Crippen LogP contribution in [-0.2, 0) is 9.53 Å². The minimum atomic E-state index is -0.478. The van der Waals surface area contributed by atoms with Crippen LogP contribution in [0.5, 0.6) is 5.75 Å². The molecule has 0 bridgehead atoms. The van der Waals surface area contributed by atoms with Gasteiger partial charge in [-0.1, -0.05) is 35.2 Å². The fourth-order valence-electron chi connectivity index (χ4n) is 1.78. The van der Waals surface area contributed by atoms with Crippen LogP contribution in [0.1, 0.15) is 27.7 Å². The predicted octanol–water partition coefficient (Wildman–Crippen LogP) is 4.11. The van der Waals surface area contributed by atoms with Crippen molar-refractivity contribution in [2.24, 2.45) is 0 Å². The van der Waals surface area contributed by atoms with E-state index in [0.717, 1.165) is 11.4 Å². The van der Waals surface area contributed by atoms with E-state index in [0.29, 0.717) is 16.1 Å². The zero-order chi connectivity index (χ0) is 17.6. The smallest absolute Gasteiger partial charge is 0.316 e. The molecule has 1 aromatic carbocycles. The Morgan fingerprint density at radius 1 is 1.29 bits per heavy atom. The van der Waals surface area contributed by atoms with Gasteiger partial charge in [0.05, 0.1) is 18.0 Å². The summed E-state index contributed by atoms with van der Waals surface area (Å²) >= 11 is 2.69. The lowest BCUT2D eigenvalue weighted by molar-refractivity contribution is -0.151. The maximum atomic E-state index is 11.7. The van der Waals surface area contributed by atoms with Gasteiger partial charge in [0.2, 0.25) is 5.13 Å². The van der Waals surface area contributed by atoms with E-state index in [1.165, 1.54) is 23.1 Å². The molecule has 0 aliphatic rings. The van der Waals surface area contributed by atoms with Crippen LogP contribution in [0.3, 0.4) is 0 Å². The molecule has 0 spiro atoms. The molecule has 0 saturated heterocycles. The average Bonchev–Trinajstić information content (AvgIpc) is 2.93. The van der Waals surface area contributed by atoms with Gasteiger partial charge in [-0.2, -0.15) is 0 Å². The van der Waals surface area contributed by atoms with Crippen molar-refractivity contribution in [2.75, 3.05) is 17.7 Å². The third-order valence-corrected chi connectivity index (χ3v) is 4.51. The fraction of sp³-hybridized carbons (Fsp3) is 0.438. The zero-order valence-electron chi connectivity index (χ0n) is 14.2. The molecule has 0 fully saturated rings. The Balaban J connectivity index is 1.93. The number of para-hydroxylation sites is 2. The summed E-state index contributed by atoms with van der Waals surface area (Å²) in [7, 11) is 0. The van der Waals surface area contributed by atoms with Crippen LogP contribution >= 0.6 is 23.1 Å². The van der Waals surface area contributed by atoms with Gasteiger partial charge < -0.3 is 14.8 Å². The Bertz CT molecular complexity index is 683. The number of nitrogens with zero attached hydrogens (tertiary/aromatic N) is 2. The van der Waals surface area contributed by atoms with Crippen molar-refractivity contribution in [1.29, 1.82) is 0 Å². The van der Waals surface area contributed by atoms with Crippen LogP contribution < -0.4 is 10.1 Å². The predicted molar refractivity (Wildman–Crippen MR) is 97.4 cm³/mol. The molecule has 0 unspecified atom stereocenters. The first kappa shape index (κ1) is 18.5. The second-order valence-electron chi connectivity index (χ2n) is 5.80. The summed E-state index contributed by atoms with van der Waals surface area (Å²) in [5.74, 6) is 0.707. The van der Waals surface area contributed by atoms with Crippen LogP contribution in [0.4, 0.5) is 10.8 Å². The fourth-order valence-corrected chi connectivity index (χ4v) is 3.31. The number of rotatable bonds is 7. The molecular formula is C16H21N3O3S2. The topological polar surface area (TPSA) is 73.3 Å². The van der Waals surface area contributed by atoms with Crippen molar-refractivity contribution in [3.63, 3.8) is 0 Å². The van der Waals surface area contributed by atoms with Gasteiger partial charge in [-0.25, -0.2) is 0 Å². The van der Waals surface area contributed by atoms with Crippen LogP contribution in [0.15, 0.2) is 28.6 Å². The lowest BCUT2D eigenvalue weighted by atomic mass is 10.2. The molecule has 0 atom stereocenters. The van der Waals surface area contributed by atoms with Crippen molar-refractivity contribution < 1.29 is 14.3 Å². The number of anilines is 2. The lowest BCUT2D eigenvalue weighted by Gasteiger charge is -2.18. The summed E-state index contributed by atoms with van der Waals surface area (Å²) in [6.07, 6.45) is 0. The van der Waals surface area contributed by atoms with Gasteiger partial charge in [-0.05, 0) is 39.8 Å². The molecule has 1 heterocycles. The van der Waals surface area contributed by atoms with Crippen molar-refractivity contribution in [1.82, 2.24) is 10.2 Å². The molecule has 0 aliphatic heterocycles. The van der Waals surface area contributed by atoms with E-state index in [4.69, 9.17) is 9.47 Å². The third-order valence-electron chi connectivity index (χ3n) is 2.57. The quantitative estimate of drug-likeness (QED) is 0.583. The molecule has 0 amide bonds. The SMILES string of the molecule is CCOc1ccccc1Nc1nnc(SCC(=O)OC(C)(C)C)s1. The first-order chi connectivity index (χ1) is 11.4. The molecule has 0 radical (unpaired) electrons. The molecule has 24 heavy (non-hydrogen) atoms. The highest BCUT2D eigenvalue weighted by atomic mass is 32.2. The van der Waals surface area contributed by atoms with Gasteiger partial charge in [-0.15, -0.1) is 10.2 Å². The highest BCUT2D eigenvalue weighted by molar-refractivity contribution is 8.01. The van der Waals surface area contributed by atoms with E-state index < -0.39 is 5.60 Å². The average molecular weight is 367 g/mol. The summed E-state index contributed by atoms with van der Waals surface area (Å²) in [4.78, 5) is 11.7. The second-order valence-corrected chi connectivity index (χ2v) is 8.00. The zero-order valence-corrected chi connectivity index (χ0v) is 15.8. The molecule has 1 N–H and O–H groups in total. The second kappa shape index (κ2) is 8.34. The van der Waals surface area contributed by atoms with E-state index >= 15 is 0 Å². The summed E-state index contributed by atoms with van der Waals surface area (Å²) in [6.45, 7) is 8.06. The number of ether oxygens (including phenoxy) is 2. The molecule has 0 saturated carbocycles. The van der Waals surface area contributed by atoms with Gasteiger partial charge in [0.15, 0.2) is 4.34 Å². The van der Waals surface area contributed by atoms with E-state index in [1.807, 2.05) is 52.0 Å². The number of benzene rings is 1. The monoisotopic (exact) mass is 367 g/mol. The van der Waals surface area contributed by atoms with Crippen molar-refractivity contribution in [2.45, 2.75) is 37.6 Å². The van der Waals surface area contributed by atoms with Crippen LogP contribution in [-0.4, -0.2) is 34.1 Å². The molecule has 2 aromatic rings. The minimum Gasteiger partial charge on any atom is -0.492 e. The van der Waals surface area contributed by atoms with E-state index in [9.17, 15) is 4.79 Å². The molecule has 8 heteroatoms. The maximum Gasteiger partial charge on any atom is 0.316 e.